The smallest absolute Gasteiger partial charge is 0.228 e. The van der Waals surface area contributed by atoms with Crippen LogP contribution in [0, 0.1) is 11.8 Å². The standard InChI is InChI=1S/C19H24N2O4/c1-12(13-3-4-13)20(2)19(23)14-9-18(22)21(11-14)15-5-6-16-17(10-15)25-8-7-24-16/h5-6,10,12-14H,3-4,7-9,11H2,1-2H3. The summed E-state index contributed by atoms with van der Waals surface area (Å²) >= 11 is 0. The molecule has 1 aromatic carbocycles. The van der Waals surface area contributed by atoms with Gasteiger partial charge < -0.3 is 19.3 Å². The highest BCUT2D eigenvalue weighted by molar-refractivity contribution is 6.00. The first-order chi connectivity index (χ1) is 12.0. The summed E-state index contributed by atoms with van der Waals surface area (Å²) in [6.07, 6.45) is 2.67. The maximum absolute atomic E-state index is 12.8. The Hall–Kier alpha value is -2.24. The lowest BCUT2D eigenvalue weighted by molar-refractivity contribution is -0.136. The van der Waals surface area contributed by atoms with Gasteiger partial charge in [0, 0.05) is 37.8 Å². The number of carbonyl (C=O) groups is 2. The number of hydrogen-bond acceptors (Lipinski definition) is 4. The van der Waals surface area contributed by atoms with Gasteiger partial charge in [-0.3, -0.25) is 9.59 Å². The van der Waals surface area contributed by atoms with Crippen LogP contribution >= 0.6 is 0 Å². The Labute approximate surface area is 147 Å². The van der Waals surface area contributed by atoms with Crippen LogP contribution in [-0.4, -0.2) is 49.6 Å². The molecule has 6 nitrogen and oxygen atoms in total. The lowest BCUT2D eigenvalue weighted by Crippen LogP contribution is -2.41. The van der Waals surface area contributed by atoms with Gasteiger partial charge in [-0.2, -0.15) is 0 Å². The van der Waals surface area contributed by atoms with Gasteiger partial charge in [0.2, 0.25) is 11.8 Å². The van der Waals surface area contributed by atoms with Gasteiger partial charge in [0.15, 0.2) is 11.5 Å². The van der Waals surface area contributed by atoms with Crippen LogP contribution in [0.15, 0.2) is 18.2 Å². The van der Waals surface area contributed by atoms with Crippen LogP contribution in [0.25, 0.3) is 0 Å². The molecule has 0 N–H and O–H groups in total. The van der Waals surface area contributed by atoms with E-state index in [9.17, 15) is 9.59 Å². The predicted molar refractivity (Wildman–Crippen MR) is 92.8 cm³/mol. The zero-order chi connectivity index (χ0) is 17.6. The third-order valence-electron chi connectivity index (χ3n) is 5.57. The van der Waals surface area contributed by atoms with E-state index >= 15 is 0 Å². The summed E-state index contributed by atoms with van der Waals surface area (Å²) < 4.78 is 11.1. The van der Waals surface area contributed by atoms with Crippen LogP contribution < -0.4 is 14.4 Å². The quantitative estimate of drug-likeness (QED) is 0.839. The molecule has 3 aliphatic rings. The third-order valence-corrected chi connectivity index (χ3v) is 5.57. The van der Waals surface area contributed by atoms with Crippen LogP contribution in [-0.2, 0) is 9.59 Å². The summed E-state index contributed by atoms with van der Waals surface area (Å²) in [4.78, 5) is 28.8. The van der Waals surface area contributed by atoms with Crippen molar-refractivity contribution in [3.05, 3.63) is 18.2 Å². The van der Waals surface area contributed by atoms with Crippen molar-refractivity contribution in [2.75, 3.05) is 31.7 Å². The summed E-state index contributed by atoms with van der Waals surface area (Å²) in [5, 5.41) is 0. The molecule has 2 atom stereocenters. The molecular formula is C19H24N2O4. The fourth-order valence-corrected chi connectivity index (χ4v) is 3.71. The Morgan fingerprint density at radius 2 is 1.96 bits per heavy atom. The first-order valence-corrected chi connectivity index (χ1v) is 9.01. The van der Waals surface area contributed by atoms with Crippen LogP contribution in [0.4, 0.5) is 5.69 Å². The number of carbonyl (C=O) groups excluding carboxylic acids is 2. The highest BCUT2D eigenvalue weighted by Gasteiger charge is 2.40. The molecule has 2 fully saturated rings. The van der Waals surface area contributed by atoms with Gasteiger partial charge in [0.05, 0.1) is 5.92 Å². The fraction of sp³-hybridized carbons (Fsp3) is 0.579. The number of amides is 2. The number of rotatable bonds is 4. The van der Waals surface area contributed by atoms with E-state index in [0.29, 0.717) is 37.2 Å². The summed E-state index contributed by atoms with van der Waals surface area (Å²) in [6, 6.07) is 5.77. The number of ether oxygens (including phenoxy) is 2. The van der Waals surface area contributed by atoms with Gasteiger partial charge in [-0.15, -0.1) is 0 Å². The molecule has 1 aromatic rings. The van der Waals surface area contributed by atoms with E-state index in [1.54, 1.807) is 4.90 Å². The van der Waals surface area contributed by atoms with Crippen molar-refractivity contribution in [3.63, 3.8) is 0 Å². The Kier molecular flexibility index (Phi) is 4.06. The van der Waals surface area contributed by atoms with Gasteiger partial charge in [0.1, 0.15) is 13.2 Å². The average molecular weight is 344 g/mol. The van der Waals surface area contributed by atoms with Crippen molar-refractivity contribution >= 4 is 17.5 Å². The minimum absolute atomic E-state index is 0.0116. The fourth-order valence-electron chi connectivity index (χ4n) is 3.71. The Balaban J connectivity index is 1.47. The Morgan fingerprint density at radius 1 is 1.24 bits per heavy atom. The molecule has 2 unspecified atom stereocenters. The van der Waals surface area contributed by atoms with E-state index in [4.69, 9.17) is 9.47 Å². The van der Waals surface area contributed by atoms with Crippen molar-refractivity contribution in [3.8, 4) is 11.5 Å². The number of hydrogen-bond donors (Lipinski definition) is 0. The Bertz CT molecular complexity index is 701. The average Bonchev–Trinajstić information content (AvgIpc) is 3.41. The molecule has 0 aromatic heterocycles. The molecule has 1 aliphatic carbocycles. The van der Waals surface area contributed by atoms with Crippen molar-refractivity contribution in [1.82, 2.24) is 4.90 Å². The van der Waals surface area contributed by atoms with Gasteiger partial charge in [-0.1, -0.05) is 0 Å². The number of nitrogens with zero attached hydrogens (tertiary/aromatic N) is 2. The predicted octanol–water partition coefficient (Wildman–Crippen LogP) is 2.07. The summed E-state index contributed by atoms with van der Waals surface area (Å²) in [7, 11) is 1.86. The summed E-state index contributed by atoms with van der Waals surface area (Å²) in [6.45, 7) is 3.58. The van der Waals surface area contributed by atoms with Crippen LogP contribution in [0.5, 0.6) is 11.5 Å². The first kappa shape index (κ1) is 16.2. The second kappa shape index (κ2) is 6.24. The van der Waals surface area contributed by atoms with Crippen molar-refractivity contribution < 1.29 is 19.1 Å². The summed E-state index contributed by atoms with van der Waals surface area (Å²) in [5.41, 5.74) is 0.766. The number of anilines is 1. The molecule has 0 radical (unpaired) electrons. The normalized spacial score (nSPS) is 23.5. The van der Waals surface area contributed by atoms with Gasteiger partial charge in [-0.25, -0.2) is 0 Å². The lowest BCUT2D eigenvalue weighted by Gasteiger charge is -2.27. The maximum Gasteiger partial charge on any atom is 0.228 e. The molecule has 6 heteroatoms. The minimum atomic E-state index is -0.271. The molecule has 0 spiro atoms. The molecule has 2 heterocycles. The van der Waals surface area contributed by atoms with E-state index in [1.807, 2.05) is 30.1 Å². The lowest BCUT2D eigenvalue weighted by atomic mass is 10.1. The van der Waals surface area contributed by atoms with Gasteiger partial charge >= 0.3 is 0 Å². The molecule has 4 rings (SSSR count). The second-order valence-electron chi connectivity index (χ2n) is 7.26. The van der Waals surface area contributed by atoms with Crippen LogP contribution in [0.1, 0.15) is 26.2 Å². The zero-order valence-corrected chi connectivity index (χ0v) is 14.7. The number of fused-ring (bicyclic) bond motifs is 1. The largest absolute Gasteiger partial charge is 0.486 e. The van der Waals surface area contributed by atoms with Crippen LogP contribution in [0.3, 0.4) is 0 Å². The molecule has 25 heavy (non-hydrogen) atoms. The molecule has 1 saturated heterocycles. The molecule has 2 amide bonds. The van der Waals surface area contributed by atoms with Crippen molar-refractivity contribution in [2.24, 2.45) is 11.8 Å². The van der Waals surface area contributed by atoms with E-state index in [-0.39, 0.29) is 30.2 Å². The molecule has 0 bridgehead atoms. The molecule has 134 valence electrons. The maximum atomic E-state index is 12.8. The molecule has 2 aliphatic heterocycles. The zero-order valence-electron chi connectivity index (χ0n) is 14.7. The number of benzene rings is 1. The highest BCUT2D eigenvalue weighted by atomic mass is 16.6. The van der Waals surface area contributed by atoms with E-state index in [2.05, 4.69) is 6.92 Å². The van der Waals surface area contributed by atoms with Crippen molar-refractivity contribution in [2.45, 2.75) is 32.2 Å². The van der Waals surface area contributed by atoms with E-state index in [0.717, 1.165) is 5.69 Å². The highest BCUT2D eigenvalue weighted by Crippen LogP contribution is 2.37. The van der Waals surface area contributed by atoms with Crippen LogP contribution in [0.2, 0.25) is 0 Å². The Morgan fingerprint density at radius 3 is 2.68 bits per heavy atom. The van der Waals surface area contributed by atoms with Gasteiger partial charge in [0.25, 0.3) is 0 Å². The SMILES string of the molecule is CC(C1CC1)N(C)C(=O)C1CC(=O)N(c2ccc3c(c2)OCCO3)C1. The second-order valence-corrected chi connectivity index (χ2v) is 7.26. The van der Waals surface area contributed by atoms with E-state index in [1.165, 1.54) is 12.8 Å². The monoisotopic (exact) mass is 344 g/mol. The van der Waals surface area contributed by atoms with E-state index < -0.39 is 0 Å². The topological polar surface area (TPSA) is 59.1 Å². The van der Waals surface area contributed by atoms with Crippen molar-refractivity contribution in [1.29, 1.82) is 0 Å². The summed E-state index contributed by atoms with van der Waals surface area (Å²) in [5.74, 6) is 1.78. The minimum Gasteiger partial charge on any atom is -0.486 e. The third kappa shape index (κ3) is 3.05. The first-order valence-electron chi connectivity index (χ1n) is 9.01. The van der Waals surface area contributed by atoms with Gasteiger partial charge in [-0.05, 0) is 37.8 Å². The molecule has 1 saturated carbocycles. The molecular weight excluding hydrogens is 320 g/mol.